The van der Waals surface area contributed by atoms with Crippen molar-refractivity contribution in [2.45, 2.75) is 25.6 Å². The Hall–Kier alpha value is -4.66. The van der Waals surface area contributed by atoms with Crippen LogP contribution in [0.4, 0.5) is 13.6 Å². The quantitative estimate of drug-likeness (QED) is 0.258. The largest absolute Gasteiger partial charge is 0.497 e. The molecule has 0 bridgehead atoms. The van der Waals surface area contributed by atoms with E-state index in [4.69, 9.17) is 9.47 Å². The summed E-state index contributed by atoms with van der Waals surface area (Å²) in [4.78, 5) is 28.9. The fraction of sp³-hybridized carbons (Fsp3) is 0.226. The lowest BCUT2D eigenvalue weighted by Crippen LogP contribution is -2.50. The molecule has 3 rings (SSSR count). The van der Waals surface area contributed by atoms with Crippen molar-refractivity contribution in [3.05, 3.63) is 114 Å². The summed E-state index contributed by atoms with van der Waals surface area (Å²) in [5.41, 5.74) is 1.34. The average molecular weight is 551 g/mol. The summed E-state index contributed by atoms with van der Waals surface area (Å²) in [6, 6.07) is 16.5. The normalized spacial score (nSPS) is 11.3. The van der Waals surface area contributed by atoms with Gasteiger partial charge in [0.05, 0.1) is 14.2 Å². The number of hydrogen-bond acceptors (Lipinski definition) is 4. The molecule has 40 heavy (non-hydrogen) atoms. The van der Waals surface area contributed by atoms with Gasteiger partial charge in [-0.3, -0.25) is 9.69 Å². The summed E-state index contributed by atoms with van der Waals surface area (Å²) in [5.74, 6) is -1.72. The van der Waals surface area contributed by atoms with E-state index in [1.807, 2.05) is 6.07 Å². The van der Waals surface area contributed by atoms with Crippen molar-refractivity contribution >= 4 is 17.6 Å². The molecule has 0 radical (unpaired) electrons. The third-order valence-electron chi connectivity index (χ3n) is 6.37. The number of carbonyl (C=O) groups is 2. The third kappa shape index (κ3) is 7.25. The molecule has 0 aromatic heterocycles. The number of methoxy groups -OCH3 is 2. The molecule has 1 N–H and O–H groups in total. The van der Waals surface area contributed by atoms with Gasteiger partial charge in [0.2, 0.25) is 5.91 Å². The van der Waals surface area contributed by atoms with E-state index in [-0.39, 0.29) is 37.2 Å². The van der Waals surface area contributed by atoms with Gasteiger partial charge >= 0.3 is 6.09 Å². The molecule has 9 heteroatoms. The van der Waals surface area contributed by atoms with Crippen molar-refractivity contribution < 1.29 is 33.0 Å². The summed E-state index contributed by atoms with van der Waals surface area (Å²) >= 11 is 0. The maximum atomic E-state index is 14.6. The van der Waals surface area contributed by atoms with Crippen LogP contribution in [0.15, 0.2) is 86.0 Å². The molecule has 0 saturated carbocycles. The first-order valence-corrected chi connectivity index (χ1v) is 12.5. The molecular formula is C31H32F2N2O5. The van der Waals surface area contributed by atoms with Crippen LogP contribution in [-0.2, 0) is 17.9 Å². The Morgan fingerprint density at radius 1 is 1.00 bits per heavy atom. The summed E-state index contributed by atoms with van der Waals surface area (Å²) in [6.45, 7) is 7.35. The zero-order valence-corrected chi connectivity index (χ0v) is 22.5. The highest BCUT2D eigenvalue weighted by molar-refractivity contribution is 5.87. The van der Waals surface area contributed by atoms with Gasteiger partial charge in [-0.25, -0.2) is 13.6 Å². The first kappa shape index (κ1) is 29.9. The van der Waals surface area contributed by atoms with Gasteiger partial charge in [0.1, 0.15) is 17.5 Å². The van der Waals surface area contributed by atoms with E-state index in [1.165, 1.54) is 37.3 Å². The van der Waals surface area contributed by atoms with Crippen LogP contribution < -0.4 is 9.47 Å². The van der Waals surface area contributed by atoms with E-state index >= 15 is 0 Å². The Labute approximate surface area is 232 Å². The highest BCUT2D eigenvalue weighted by atomic mass is 19.2. The van der Waals surface area contributed by atoms with E-state index < -0.39 is 29.7 Å². The molecule has 0 heterocycles. The smallest absolute Gasteiger partial charge is 0.408 e. The van der Waals surface area contributed by atoms with E-state index in [2.05, 4.69) is 13.2 Å². The van der Waals surface area contributed by atoms with Crippen molar-refractivity contribution in [3.63, 3.8) is 0 Å². The van der Waals surface area contributed by atoms with Crippen molar-refractivity contribution in [2.24, 2.45) is 0 Å². The van der Waals surface area contributed by atoms with Gasteiger partial charge in [-0.15, -0.1) is 6.58 Å². The summed E-state index contributed by atoms with van der Waals surface area (Å²) < 4.78 is 39.3. The molecule has 3 aromatic rings. The number of carboxylic acid groups (broad SMARTS) is 1. The predicted octanol–water partition coefficient (Wildman–Crippen LogP) is 6.15. The van der Waals surface area contributed by atoms with Crippen molar-refractivity contribution in [1.29, 1.82) is 0 Å². The number of benzene rings is 3. The zero-order chi connectivity index (χ0) is 29.2. The zero-order valence-electron chi connectivity index (χ0n) is 22.5. The van der Waals surface area contributed by atoms with Crippen LogP contribution >= 0.6 is 0 Å². The van der Waals surface area contributed by atoms with Gasteiger partial charge in [-0.2, -0.15) is 0 Å². The first-order valence-electron chi connectivity index (χ1n) is 12.5. The highest BCUT2D eigenvalue weighted by Gasteiger charge is 2.33. The monoisotopic (exact) mass is 550 g/mol. The fourth-order valence-corrected chi connectivity index (χ4v) is 4.31. The Kier molecular flexibility index (Phi) is 10.4. The first-order chi connectivity index (χ1) is 19.2. The number of nitrogens with zero attached hydrogens (tertiary/aromatic N) is 2. The molecule has 0 fully saturated rings. The van der Waals surface area contributed by atoms with E-state index in [0.717, 1.165) is 11.0 Å². The summed E-state index contributed by atoms with van der Waals surface area (Å²) in [7, 11) is 2.98. The Bertz CT molecular complexity index is 1360. The maximum absolute atomic E-state index is 14.6. The predicted molar refractivity (Wildman–Crippen MR) is 149 cm³/mol. The molecule has 210 valence electrons. The minimum Gasteiger partial charge on any atom is -0.497 e. The van der Waals surface area contributed by atoms with Gasteiger partial charge in [0, 0.05) is 36.8 Å². The van der Waals surface area contributed by atoms with Gasteiger partial charge in [-0.1, -0.05) is 55.1 Å². The van der Waals surface area contributed by atoms with Crippen LogP contribution in [0.3, 0.4) is 0 Å². The standard InChI is InChI=1S/C31H32F2N2O5/c1-5-10-27(35(31(37)38)19-22-11-7-6-8-12-22)30(36)34(18-21(2)25-13-9-14-26(32)29(25)33)20-23-15-16-24(39-3)17-28(23)40-4/h5-9,11-17,27H,1-2,10,18-20H2,3-4H3,(H,37,38)/t27-/m1/s1. The van der Waals surface area contributed by atoms with Crippen LogP contribution in [0.25, 0.3) is 5.57 Å². The second-order valence-electron chi connectivity index (χ2n) is 9.01. The topological polar surface area (TPSA) is 79.3 Å². The van der Waals surface area contributed by atoms with Gasteiger partial charge in [0.25, 0.3) is 0 Å². The molecule has 0 aliphatic carbocycles. The molecule has 0 unspecified atom stereocenters. The van der Waals surface area contributed by atoms with Crippen LogP contribution in [0.1, 0.15) is 23.1 Å². The molecule has 0 aliphatic rings. The number of carbonyl (C=O) groups excluding carboxylic acids is 1. The van der Waals surface area contributed by atoms with Crippen molar-refractivity contribution in [3.8, 4) is 11.5 Å². The van der Waals surface area contributed by atoms with Crippen molar-refractivity contribution in [1.82, 2.24) is 9.80 Å². The molecule has 2 amide bonds. The van der Waals surface area contributed by atoms with E-state index in [1.54, 1.807) is 42.5 Å². The molecule has 1 atom stereocenters. The maximum Gasteiger partial charge on any atom is 0.408 e. The lowest BCUT2D eigenvalue weighted by Gasteiger charge is -2.33. The van der Waals surface area contributed by atoms with Crippen LogP contribution in [0, 0.1) is 11.6 Å². The number of rotatable bonds is 13. The number of ether oxygens (including phenoxy) is 2. The van der Waals surface area contributed by atoms with E-state index in [0.29, 0.717) is 22.6 Å². The minimum atomic E-state index is -1.29. The number of hydrogen-bond donors (Lipinski definition) is 1. The van der Waals surface area contributed by atoms with Crippen molar-refractivity contribution in [2.75, 3.05) is 20.8 Å². The summed E-state index contributed by atoms with van der Waals surface area (Å²) in [6.07, 6.45) is 0.201. The summed E-state index contributed by atoms with van der Waals surface area (Å²) in [5, 5.41) is 10.1. The Morgan fingerprint density at radius 3 is 2.35 bits per heavy atom. The second-order valence-corrected chi connectivity index (χ2v) is 9.01. The Balaban J connectivity index is 2.03. The second kappa shape index (κ2) is 13.9. The SMILES string of the molecule is C=CC[C@H](C(=O)N(CC(=C)c1cccc(F)c1F)Cc1ccc(OC)cc1OC)N(Cc1ccccc1)C(=O)O. The third-order valence-corrected chi connectivity index (χ3v) is 6.37. The van der Waals surface area contributed by atoms with Crippen LogP contribution in [0.5, 0.6) is 11.5 Å². The van der Waals surface area contributed by atoms with Gasteiger partial charge in [0.15, 0.2) is 11.6 Å². The van der Waals surface area contributed by atoms with Gasteiger partial charge < -0.3 is 19.5 Å². The Morgan fingerprint density at radius 2 is 1.73 bits per heavy atom. The molecule has 0 spiro atoms. The molecular weight excluding hydrogens is 518 g/mol. The molecule has 0 saturated heterocycles. The fourth-order valence-electron chi connectivity index (χ4n) is 4.31. The van der Waals surface area contributed by atoms with Crippen LogP contribution in [-0.4, -0.2) is 53.7 Å². The molecule has 0 aliphatic heterocycles. The molecule has 7 nitrogen and oxygen atoms in total. The number of amides is 2. The average Bonchev–Trinajstić information content (AvgIpc) is 2.96. The lowest BCUT2D eigenvalue weighted by molar-refractivity contribution is -0.136. The minimum absolute atomic E-state index is 0.0228. The molecule has 3 aromatic carbocycles. The lowest BCUT2D eigenvalue weighted by atomic mass is 10.0. The highest BCUT2D eigenvalue weighted by Crippen LogP contribution is 2.28. The number of halogens is 2. The van der Waals surface area contributed by atoms with Gasteiger partial charge in [-0.05, 0) is 35.8 Å². The van der Waals surface area contributed by atoms with E-state index in [9.17, 15) is 23.5 Å². The van der Waals surface area contributed by atoms with Crippen LogP contribution in [0.2, 0.25) is 0 Å².